The minimum atomic E-state index is -0.636. The zero-order chi connectivity index (χ0) is 32.6. The molecule has 6 rings (SSSR count). The number of urea groups is 1. The van der Waals surface area contributed by atoms with Gasteiger partial charge in [0, 0.05) is 30.3 Å². The number of phenols is 1. The number of hydrogen-bond acceptors (Lipinski definition) is 9. The van der Waals surface area contributed by atoms with Crippen molar-refractivity contribution in [3.05, 3.63) is 131 Å². The topological polar surface area (TPSA) is 144 Å². The summed E-state index contributed by atoms with van der Waals surface area (Å²) in [5, 5.41) is 37.8. The Morgan fingerprint density at radius 3 is 2.15 bits per heavy atom. The molecule has 0 aliphatic carbocycles. The van der Waals surface area contributed by atoms with Gasteiger partial charge in [-0.05, 0) is 56.9 Å². The van der Waals surface area contributed by atoms with Crippen molar-refractivity contribution in [2.45, 2.75) is 50.3 Å². The van der Waals surface area contributed by atoms with Crippen LogP contribution in [0.2, 0.25) is 0 Å². The lowest BCUT2D eigenvalue weighted by Gasteiger charge is -2.41. The number of ether oxygens (including phenoxy) is 2. The van der Waals surface area contributed by atoms with E-state index < -0.39 is 6.29 Å². The first-order valence-corrected chi connectivity index (χ1v) is 16.3. The standard InChI is InChI=1S/C35H36N6O5S/c1-23-31(22-47-35-38-39-40-41(35)29-15-17-30(43)18-16-29)45-33(46-32(23)27-11-9-26(21-42)10-12-27)28-13-7-25(8-14-28)20-37-34(44)36-19-24-5-3-2-4-6-24/h2-18,23,31-33,42-43H,19-22H2,1H3,(H2,36,37,44)/t23-,31+,32+,33+/m1/s1. The second-order valence-corrected chi connectivity index (χ2v) is 12.3. The normalized spacial score (nSPS) is 19.3. The van der Waals surface area contributed by atoms with Crippen LogP contribution in [0.4, 0.5) is 4.79 Å². The van der Waals surface area contributed by atoms with Crippen LogP contribution in [0.15, 0.2) is 108 Å². The number of hydrogen-bond donors (Lipinski definition) is 4. The Hall–Kier alpha value is -4.75. The lowest BCUT2D eigenvalue weighted by molar-refractivity contribution is -0.268. The SMILES string of the molecule is C[C@@H]1[C@H](CSc2nnnn2-c2ccc(O)cc2)O[C@H](c2ccc(CNC(=O)NCc3ccccc3)cc2)O[C@@H]1c1ccc(CO)cc1. The number of aliphatic hydroxyl groups is 1. The predicted octanol–water partition coefficient (Wildman–Crippen LogP) is 5.44. The highest BCUT2D eigenvalue weighted by Gasteiger charge is 2.38. The first-order chi connectivity index (χ1) is 23.0. The molecule has 242 valence electrons. The summed E-state index contributed by atoms with van der Waals surface area (Å²) in [6.07, 6.45) is -1.13. The highest BCUT2D eigenvalue weighted by atomic mass is 32.2. The molecule has 2 amide bonds. The van der Waals surface area contributed by atoms with Crippen LogP contribution < -0.4 is 10.6 Å². The van der Waals surface area contributed by atoms with Crippen molar-refractivity contribution in [3.8, 4) is 11.4 Å². The minimum Gasteiger partial charge on any atom is -0.508 e. The number of tetrazole rings is 1. The molecular formula is C35H36N6O5S. The van der Waals surface area contributed by atoms with Crippen LogP contribution in [0.1, 0.15) is 47.1 Å². The number of thioether (sulfide) groups is 1. The van der Waals surface area contributed by atoms with Crippen LogP contribution in [0.3, 0.4) is 0 Å². The molecule has 1 aliphatic heterocycles. The number of carbonyl (C=O) groups is 1. The molecule has 0 bridgehead atoms. The van der Waals surface area contributed by atoms with E-state index in [9.17, 15) is 15.0 Å². The maximum absolute atomic E-state index is 12.3. The molecule has 1 aliphatic rings. The molecule has 1 saturated heterocycles. The van der Waals surface area contributed by atoms with E-state index in [0.717, 1.165) is 33.5 Å². The molecule has 0 radical (unpaired) electrons. The fraction of sp³-hybridized carbons (Fsp3) is 0.257. The zero-order valence-electron chi connectivity index (χ0n) is 25.8. The largest absolute Gasteiger partial charge is 0.508 e. The van der Waals surface area contributed by atoms with Gasteiger partial charge in [-0.1, -0.05) is 97.5 Å². The Morgan fingerprint density at radius 2 is 1.47 bits per heavy atom. The van der Waals surface area contributed by atoms with E-state index in [1.165, 1.54) is 11.8 Å². The highest BCUT2D eigenvalue weighted by molar-refractivity contribution is 7.99. The van der Waals surface area contributed by atoms with Crippen LogP contribution in [0.25, 0.3) is 5.69 Å². The van der Waals surface area contributed by atoms with Crippen molar-refractivity contribution in [1.29, 1.82) is 0 Å². The van der Waals surface area contributed by atoms with Gasteiger partial charge in [0.05, 0.1) is 24.5 Å². The van der Waals surface area contributed by atoms with Crippen molar-refractivity contribution in [2.75, 3.05) is 5.75 Å². The number of aromatic hydroxyl groups is 1. The smallest absolute Gasteiger partial charge is 0.315 e. The van der Waals surface area contributed by atoms with Gasteiger partial charge in [-0.15, -0.1) is 5.10 Å². The van der Waals surface area contributed by atoms with E-state index in [-0.39, 0.29) is 36.5 Å². The van der Waals surface area contributed by atoms with E-state index in [0.29, 0.717) is 24.0 Å². The Balaban J connectivity index is 1.14. The number of amides is 2. The average molecular weight is 653 g/mol. The maximum Gasteiger partial charge on any atom is 0.315 e. The Morgan fingerprint density at radius 1 is 0.830 bits per heavy atom. The quantitative estimate of drug-likeness (QED) is 0.137. The van der Waals surface area contributed by atoms with Crippen LogP contribution in [0, 0.1) is 5.92 Å². The monoisotopic (exact) mass is 652 g/mol. The van der Waals surface area contributed by atoms with Gasteiger partial charge >= 0.3 is 6.03 Å². The number of carbonyl (C=O) groups excluding carboxylic acids is 1. The summed E-state index contributed by atoms with van der Waals surface area (Å²) in [6.45, 7) is 2.90. The Labute approximate surface area is 276 Å². The Kier molecular flexibility index (Phi) is 10.4. The van der Waals surface area contributed by atoms with Crippen LogP contribution in [-0.2, 0) is 29.2 Å². The van der Waals surface area contributed by atoms with Crippen molar-refractivity contribution < 1.29 is 24.5 Å². The predicted molar refractivity (Wildman–Crippen MR) is 176 cm³/mol. The van der Waals surface area contributed by atoms with Crippen molar-refractivity contribution in [1.82, 2.24) is 30.8 Å². The summed E-state index contributed by atoms with van der Waals surface area (Å²) < 4.78 is 14.8. The summed E-state index contributed by atoms with van der Waals surface area (Å²) in [5.41, 5.74) is 5.39. The number of rotatable bonds is 11. The molecular weight excluding hydrogens is 616 g/mol. The van der Waals surface area contributed by atoms with Crippen molar-refractivity contribution >= 4 is 17.8 Å². The molecule has 47 heavy (non-hydrogen) atoms. The van der Waals surface area contributed by atoms with E-state index >= 15 is 0 Å². The molecule has 4 aromatic carbocycles. The number of benzene rings is 4. The molecule has 0 saturated carbocycles. The minimum absolute atomic E-state index is 0.0189. The lowest BCUT2D eigenvalue weighted by Crippen LogP contribution is -2.38. The second kappa shape index (κ2) is 15.2. The molecule has 2 heterocycles. The van der Waals surface area contributed by atoms with Crippen molar-refractivity contribution in [3.63, 3.8) is 0 Å². The lowest BCUT2D eigenvalue weighted by atomic mass is 9.91. The van der Waals surface area contributed by atoms with Crippen LogP contribution >= 0.6 is 11.8 Å². The molecule has 0 unspecified atom stereocenters. The van der Waals surface area contributed by atoms with Gasteiger partial charge in [0.25, 0.3) is 0 Å². The van der Waals surface area contributed by atoms with Gasteiger partial charge in [-0.3, -0.25) is 0 Å². The summed E-state index contributed by atoms with van der Waals surface area (Å²) in [5.74, 6) is 0.706. The van der Waals surface area contributed by atoms with Crippen molar-refractivity contribution in [2.24, 2.45) is 5.92 Å². The molecule has 5 aromatic rings. The molecule has 12 heteroatoms. The molecule has 0 spiro atoms. The van der Waals surface area contributed by atoms with Gasteiger partial charge < -0.3 is 30.3 Å². The molecule has 1 aromatic heterocycles. The van der Waals surface area contributed by atoms with Gasteiger partial charge in [0.15, 0.2) is 6.29 Å². The molecule has 11 nitrogen and oxygen atoms in total. The van der Waals surface area contributed by atoms with Gasteiger partial charge in [0.2, 0.25) is 5.16 Å². The highest BCUT2D eigenvalue weighted by Crippen LogP contribution is 2.43. The third-order valence-electron chi connectivity index (χ3n) is 8.04. The summed E-state index contributed by atoms with van der Waals surface area (Å²) in [4.78, 5) is 12.3. The third-order valence-corrected chi connectivity index (χ3v) is 9.04. The average Bonchev–Trinajstić information content (AvgIpc) is 3.59. The number of nitrogens with one attached hydrogen (secondary N) is 2. The van der Waals surface area contributed by atoms with Crippen LogP contribution in [0.5, 0.6) is 5.75 Å². The summed E-state index contributed by atoms with van der Waals surface area (Å²) in [6, 6.07) is 31.8. The van der Waals surface area contributed by atoms with Gasteiger partial charge in [-0.25, -0.2) is 4.79 Å². The van der Waals surface area contributed by atoms with Gasteiger partial charge in [0.1, 0.15) is 5.75 Å². The number of nitrogens with zero attached hydrogens (tertiary/aromatic N) is 4. The van der Waals surface area contributed by atoms with E-state index in [1.807, 2.05) is 78.9 Å². The first-order valence-electron chi connectivity index (χ1n) is 15.3. The number of aliphatic hydroxyl groups excluding tert-OH is 1. The van der Waals surface area contributed by atoms with Crippen LogP contribution in [-0.4, -0.2) is 48.3 Å². The second-order valence-electron chi connectivity index (χ2n) is 11.3. The first kappa shape index (κ1) is 32.2. The Bertz CT molecular complexity index is 1740. The molecule has 1 fully saturated rings. The van der Waals surface area contributed by atoms with E-state index in [1.54, 1.807) is 28.9 Å². The third kappa shape index (κ3) is 8.16. The van der Waals surface area contributed by atoms with Gasteiger partial charge in [-0.2, -0.15) is 4.68 Å². The number of phenolic OH excluding ortho intramolecular Hbond substituents is 1. The fourth-order valence-electron chi connectivity index (χ4n) is 5.31. The zero-order valence-corrected chi connectivity index (χ0v) is 26.6. The fourth-order valence-corrected chi connectivity index (χ4v) is 6.36. The number of aromatic nitrogens is 4. The molecule has 4 atom stereocenters. The van der Waals surface area contributed by atoms with E-state index in [4.69, 9.17) is 9.47 Å². The summed E-state index contributed by atoms with van der Waals surface area (Å²) in [7, 11) is 0. The maximum atomic E-state index is 12.3. The summed E-state index contributed by atoms with van der Waals surface area (Å²) >= 11 is 1.48. The molecule has 4 N–H and O–H groups in total. The van der Waals surface area contributed by atoms with E-state index in [2.05, 4.69) is 33.1 Å².